The second-order valence-corrected chi connectivity index (χ2v) is 5.04. The van der Waals surface area contributed by atoms with Crippen LogP contribution in [0.15, 0.2) is 39.2 Å². The zero-order valence-electron chi connectivity index (χ0n) is 10.6. The molecule has 1 aromatic carbocycles. The van der Waals surface area contributed by atoms with Crippen LogP contribution in [0, 0.1) is 0 Å². The van der Waals surface area contributed by atoms with E-state index < -0.39 is 0 Å². The minimum atomic E-state index is 0.0170. The molecule has 0 atom stereocenters. The average molecular weight is 322 g/mol. The molecule has 0 radical (unpaired) electrons. The molecule has 0 unspecified atom stereocenters. The molecular formula is C14H9Cl2N3O2. The molecule has 3 aromatic rings. The molecule has 3 rings (SSSR count). The summed E-state index contributed by atoms with van der Waals surface area (Å²) in [5.41, 5.74) is 6.13. The summed E-state index contributed by atoms with van der Waals surface area (Å²) < 4.78 is 10.7. The van der Waals surface area contributed by atoms with Gasteiger partial charge < -0.3 is 14.6 Å². The highest BCUT2D eigenvalue weighted by molar-refractivity contribution is 6.35. The van der Waals surface area contributed by atoms with Gasteiger partial charge in [0.15, 0.2) is 0 Å². The third kappa shape index (κ3) is 3.26. The van der Waals surface area contributed by atoms with E-state index in [0.717, 1.165) is 5.56 Å². The van der Waals surface area contributed by atoms with Gasteiger partial charge in [-0.2, -0.15) is 0 Å². The van der Waals surface area contributed by atoms with Crippen LogP contribution in [0.25, 0.3) is 23.5 Å². The Morgan fingerprint density at radius 1 is 0.952 bits per heavy atom. The normalized spacial score (nSPS) is 11.3. The summed E-state index contributed by atoms with van der Waals surface area (Å²) in [7, 11) is 0. The molecule has 0 aliphatic heterocycles. The van der Waals surface area contributed by atoms with Gasteiger partial charge in [-0.1, -0.05) is 28.3 Å². The highest BCUT2D eigenvalue weighted by atomic mass is 35.5. The number of halogens is 2. The molecule has 5 nitrogen and oxygen atoms in total. The first-order chi connectivity index (χ1) is 10.1. The molecule has 106 valence electrons. The van der Waals surface area contributed by atoms with Crippen molar-refractivity contribution in [2.45, 2.75) is 0 Å². The maximum absolute atomic E-state index is 5.97. The number of hydrogen-bond acceptors (Lipinski definition) is 5. The van der Waals surface area contributed by atoms with Crippen molar-refractivity contribution < 1.29 is 8.83 Å². The Hall–Kier alpha value is -2.24. The number of anilines is 1. The monoisotopic (exact) mass is 321 g/mol. The summed E-state index contributed by atoms with van der Waals surface area (Å²) in [5.74, 6) is 1.58. The fraction of sp³-hybridized carbons (Fsp3) is 0. The molecule has 0 spiro atoms. The van der Waals surface area contributed by atoms with E-state index in [1.54, 1.807) is 36.4 Å². The Morgan fingerprint density at radius 3 is 2.38 bits per heavy atom. The predicted molar refractivity (Wildman–Crippen MR) is 81.8 cm³/mol. The van der Waals surface area contributed by atoms with Gasteiger partial charge in [-0.05, 0) is 36.4 Å². The lowest BCUT2D eigenvalue weighted by atomic mass is 10.2. The van der Waals surface area contributed by atoms with Crippen molar-refractivity contribution in [2.24, 2.45) is 0 Å². The van der Waals surface area contributed by atoms with Gasteiger partial charge >= 0.3 is 6.01 Å². The number of furan rings is 1. The van der Waals surface area contributed by atoms with Gasteiger partial charge in [-0.3, -0.25) is 0 Å². The summed E-state index contributed by atoms with van der Waals surface area (Å²) in [6.07, 6.45) is 3.31. The molecule has 0 aliphatic carbocycles. The minimum Gasteiger partial charge on any atom is -0.457 e. The molecule has 0 aliphatic rings. The Kier molecular flexibility index (Phi) is 3.68. The zero-order valence-corrected chi connectivity index (χ0v) is 12.1. The number of nitrogens with two attached hydrogens (primary N) is 1. The lowest BCUT2D eigenvalue weighted by molar-refractivity contribution is 0.561. The van der Waals surface area contributed by atoms with E-state index in [4.69, 9.17) is 37.8 Å². The van der Waals surface area contributed by atoms with Crippen molar-refractivity contribution in [3.63, 3.8) is 0 Å². The number of nitrogen functional groups attached to an aromatic ring is 1. The maximum Gasteiger partial charge on any atom is 0.313 e. The second kappa shape index (κ2) is 5.63. The zero-order chi connectivity index (χ0) is 14.8. The van der Waals surface area contributed by atoms with E-state index in [1.807, 2.05) is 6.07 Å². The molecule has 7 heteroatoms. The van der Waals surface area contributed by atoms with E-state index in [1.165, 1.54) is 0 Å². The molecule has 0 bridgehead atoms. The molecule has 0 saturated heterocycles. The number of aromatic nitrogens is 2. The standard InChI is InChI=1S/C14H9Cl2N3O2/c15-9-5-8(6-10(16)7-9)12-3-1-11(20-12)2-4-13-18-19-14(17)21-13/h1-7H,(H2,17,19)/b4-2+. The van der Waals surface area contributed by atoms with Crippen LogP contribution in [-0.4, -0.2) is 10.2 Å². The molecule has 2 heterocycles. The van der Waals surface area contributed by atoms with Gasteiger partial charge in [0.1, 0.15) is 11.5 Å². The summed E-state index contributed by atoms with van der Waals surface area (Å²) in [6.45, 7) is 0. The van der Waals surface area contributed by atoms with E-state index in [-0.39, 0.29) is 6.01 Å². The minimum absolute atomic E-state index is 0.0170. The summed E-state index contributed by atoms with van der Waals surface area (Å²) in [5, 5.41) is 8.36. The third-order valence-electron chi connectivity index (χ3n) is 2.62. The second-order valence-electron chi connectivity index (χ2n) is 4.17. The van der Waals surface area contributed by atoms with Crippen molar-refractivity contribution in [3.8, 4) is 11.3 Å². The quantitative estimate of drug-likeness (QED) is 0.774. The maximum atomic E-state index is 5.97. The van der Waals surface area contributed by atoms with E-state index in [0.29, 0.717) is 27.5 Å². The number of benzene rings is 1. The lowest BCUT2D eigenvalue weighted by Crippen LogP contribution is -1.81. The predicted octanol–water partition coefficient (Wildman–Crippen LogP) is 4.39. The van der Waals surface area contributed by atoms with Gasteiger partial charge in [0.25, 0.3) is 0 Å². The molecule has 2 aromatic heterocycles. The lowest BCUT2D eigenvalue weighted by Gasteiger charge is -1.99. The van der Waals surface area contributed by atoms with E-state index in [2.05, 4.69) is 10.2 Å². The van der Waals surface area contributed by atoms with Crippen molar-refractivity contribution >= 4 is 41.4 Å². The van der Waals surface area contributed by atoms with Gasteiger partial charge in [-0.15, -0.1) is 5.10 Å². The highest BCUT2D eigenvalue weighted by Crippen LogP contribution is 2.29. The van der Waals surface area contributed by atoms with Crippen molar-refractivity contribution in [1.82, 2.24) is 10.2 Å². The van der Waals surface area contributed by atoms with Crippen molar-refractivity contribution in [2.75, 3.05) is 5.73 Å². The van der Waals surface area contributed by atoms with E-state index in [9.17, 15) is 0 Å². The van der Waals surface area contributed by atoms with Crippen LogP contribution in [0.1, 0.15) is 11.7 Å². The topological polar surface area (TPSA) is 78.1 Å². The summed E-state index contributed by atoms with van der Waals surface area (Å²) in [4.78, 5) is 0. The summed E-state index contributed by atoms with van der Waals surface area (Å²) >= 11 is 11.9. The Morgan fingerprint density at radius 2 is 1.71 bits per heavy atom. The van der Waals surface area contributed by atoms with Crippen molar-refractivity contribution in [1.29, 1.82) is 0 Å². The number of rotatable bonds is 3. The van der Waals surface area contributed by atoms with Crippen molar-refractivity contribution in [3.05, 3.63) is 52.0 Å². The molecule has 0 fully saturated rings. The number of hydrogen-bond donors (Lipinski definition) is 1. The third-order valence-corrected chi connectivity index (χ3v) is 3.06. The van der Waals surface area contributed by atoms with E-state index >= 15 is 0 Å². The Balaban J connectivity index is 1.84. The Labute approximate surface area is 130 Å². The molecule has 2 N–H and O–H groups in total. The molecule has 21 heavy (non-hydrogen) atoms. The van der Waals surface area contributed by atoms with Gasteiger partial charge in [0, 0.05) is 21.7 Å². The van der Waals surface area contributed by atoms with Crippen LogP contribution in [0.3, 0.4) is 0 Å². The fourth-order valence-corrected chi connectivity index (χ4v) is 2.29. The van der Waals surface area contributed by atoms with Gasteiger partial charge in [-0.25, -0.2) is 0 Å². The van der Waals surface area contributed by atoms with Crippen LogP contribution < -0.4 is 5.73 Å². The molecular weight excluding hydrogens is 313 g/mol. The molecule has 0 amide bonds. The SMILES string of the molecule is Nc1nnc(/C=C/c2ccc(-c3cc(Cl)cc(Cl)c3)o2)o1. The number of nitrogens with zero attached hydrogens (tertiary/aromatic N) is 2. The first-order valence-electron chi connectivity index (χ1n) is 5.93. The van der Waals surface area contributed by atoms with Crippen LogP contribution >= 0.6 is 23.2 Å². The van der Waals surface area contributed by atoms with Crippen LogP contribution in [0.2, 0.25) is 10.0 Å². The van der Waals surface area contributed by atoms with Gasteiger partial charge in [0.2, 0.25) is 5.89 Å². The average Bonchev–Trinajstić information content (AvgIpc) is 3.04. The smallest absolute Gasteiger partial charge is 0.313 e. The largest absolute Gasteiger partial charge is 0.457 e. The first kappa shape index (κ1) is 13.7. The highest BCUT2D eigenvalue weighted by Gasteiger charge is 2.06. The first-order valence-corrected chi connectivity index (χ1v) is 6.69. The van der Waals surface area contributed by atoms with Gasteiger partial charge in [0.05, 0.1) is 0 Å². The van der Waals surface area contributed by atoms with Crippen LogP contribution in [0.5, 0.6) is 0 Å². The summed E-state index contributed by atoms with van der Waals surface area (Å²) in [6, 6.07) is 8.86. The molecule has 0 saturated carbocycles. The Bertz CT molecular complexity index is 788. The fourth-order valence-electron chi connectivity index (χ4n) is 1.76. The van der Waals surface area contributed by atoms with Crippen LogP contribution in [-0.2, 0) is 0 Å². The van der Waals surface area contributed by atoms with Crippen LogP contribution in [0.4, 0.5) is 6.01 Å².